The molecule has 0 aliphatic heterocycles. The minimum Gasteiger partial charge on any atom is -0.483 e. The minimum atomic E-state index is -0.557. The second kappa shape index (κ2) is 10.7. The predicted octanol–water partition coefficient (Wildman–Crippen LogP) is 5.01. The van der Waals surface area contributed by atoms with Crippen LogP contribution in [0.2, 0.25) is 0 Å². The van der Waals surface area contributed by atoms with Gasteiger partial charge in [-0.15, -0.1) is 0 Å². The number of aryl methyl sites for hydroxylation is 1. The average Bonchev–Trinajstić information content (AvgIpc) is 2.81. The molecule has 0 aromatic heterocycles. The Balaban J connectivity index is 1.73. The standard InChI is InChI=1S/C26H22FN3O3/c1-17-8-7-12-22(18(17)2)30-26(32)20(15-28)14-19-9-3-6-13-24(19)33-16-25(31)29-23-11-5-4-10-21(23)27/h3-14H,16H2,1-2H3,(H,29,31)(H,30,32). The molecule has 0 saturated carbocycles. The van der Waals surface area contributed by atoms with Crippen LogP contribution >= 0.6 is 0 Å². The zero-order chi connectivity index (χ0) is 23.8. The minimum absolute atomic E-state index is 0.0501. The number of benzene rings is 3. The SMILES string of the molecule is Cc1cccc(NC(=O)C(C#N)=Cc2ccccc2OCC(=O)Nc2ccccc2F)c1C. The third-order valence-electron chi connectivity index (χ3n) is 4.94. The number of rotatable bonds is 7. The Hall–Kier alpha value is -4.44. The summed E-state index contributed by atoms with van der Waals surface area (Å²) in [5, 5.41) is 14.7. The van der Waals surface area contributed by atoms with Crippen molar-refractivity contribution in [2.24, 2.45) is 0 Å². The lowest BCUT2D eigenvalue weighted by Gasteiger charge is -2.11. The average molecular weight is 443 g/mol. The number of nitrogens with zero attached hydrogens (tertiary/aromatic N) is 1. The summed E-state index contributed by atoms with van der Waals surface area (Å²) in [6, 6.07) is 19.9. The maximum Gasteiger partial charge on any atom is 0.266 e. The molecule has 3 aromatic rings. The summed E-state index contributed by atoms with van der Waals surface area (Å²) in [6.45, 7) is 3.44. The molecule has 0 atom stereocenters. The number of amides is 2. The number of nitriles is 1. The summed E-state index contributed by atoms with van der Waals surface area (Å²) in [5.41, 5.74) is 2.92. The van der Waals surface area contributed by atoms with Gasteiger partial charge < -0.3 is 15.4 Å². The second-order valence-corrected chi connectivity index (χ2v) is 7.23. The van der Waals surface area contributed by atoms with E-state index in [0.717, 1.165) is 11.1 Å². The molecule has 6 nitrogen and oxygen atoms in total. The van der Waals surface area contributed by atoms with E-state index in [1.54, 1.807) is 36.4 Å². The van der Waals surface area contributed by atoms with Gasteiger partial charge in [-0.25, -0.2) is 4.39 Å². The van der Waals surface area contributed by atoms with Gasteiger partial charge >= 0.3 is 0 Å². The fraction of sp³-hybridized carbons (Fsp3) is 0.115. The van der Waals surface area contributed by atoms with E-state index >= 15 is 0 Å². The van der Waals surface area contributed by atoms with E-state index in [-0.39, 0.29) is 17.9 Å². The Morgan fingerprint density at radius 1 is 0.970 bits per heavy atom. The number of ether oxygens (including phenoxy) is 1. The van der Waals surface area contributed by atoms with Gasteiger partial charge in [-0.3, -0.25) is 9.59 Å². The van der Waals surface area contributed by atoms with Crippen LogP contribution in [0.1, 0.15) is 16.7 Å². The van der Waals surface area contributed by atoms with E-state index in [1.807, 2.05) is 32.0 Å². The maximum absolute atomic E-state index is 13.7. The molecule has 0 aliphatic rings. The lowest BCUT2D eigenvalue weighted by molar-refractivity contribution is -0.118. The number of hydrogen-bond acceptors (Lipinski definition) is 4. The molecule has 2 amide bonds. The molecule has 7 heteroatoms. The van der Waals surface area contributed by atoms with Crippen LogP contribution in [0.5, 0.6) is 5.75 Å². The van der Waals surface area contributed by atoms with Gasteiger partial charge in [-0.05, 0) is 55.3 Å². The van der Waals surface area contributed by atoms with Gasteiger partial charge in [0.2, 0.25) is 0 Å². The monoisotopic (exact) mass is 443 g/mol. The van der Waals surface area contributed by atoms with E-state index in [4.69, 9.17) is 4.74 Å². The van der Waals surface area contributed by atoms with Crippen LogP contribution in [0, 0.1) is 31.0 Å². The van der Waals surface area contributed by atoms with Crippen LogP contribution in [0.25, 0.3) is 6.08 Å². The van der Waals surface area contributed by atoms with Crippen molar-refractivity contribution < 1.29 is 18.7 Å². The van der Waals surface area contributed by atoms with Crippen LogP contribution in [0.3, 0.4) is 0 Å². The first-order valence-corrected chi connectivity index (χ1v) is 10.1. The number of anilines is 2. The van der Waals surface area contributed by atoms with Gasteiger partial charge in [0.1, 0.15) is 23.2 Å². The molecule has 166 valence electrons. The Morgan fingerprint density at radius 2 is 1.67 bits per heavy atom. The van der Waals surface area contributed by atoms with E-state index in [2.05, 4.69) is 10.6 Å². The molecule has 0 saturated heterocycles. The Labute approximate surface area is 191 Å². The molecule has 0 aliphatic carbocycles. The molecule has 0 fully saturated rings. The highest BCUT2D eigenvalue weighted by Crippen LogP contribution is 2.23. The molecular weight excluding hydrogens is 421 g/mol. The number of hydrogen-bond donors (Lipinski definition) is 2. The smallest absolute Gasteiger partial charge is 0.266 e. The van der Waals surface area contributed by atoms with Crippen molar-refractivity contribution in [3.8, 4) is 11.8 Å². The molecule has 2 N–H and O–H groups in total. The molecule has 0 spiro atoms. The largest absolute Gasteiger partial charge is 0.483 e. The van der Waals surface area contributed by atoms with Crippen LogP contribution in [0.4, 0.5) is 15.8 Å². The van der Waals surface area contributed by atoms with Gasteiger partial charge in [0.05, 0.1) is 5.69 Å². The number of carbonyl (C=O) groups excluding carboxylic acids is 2. The van der Waals surface area contributed by atoms with Crippen molar-refractivity contribution in [2.75, 3.05) is 17.2 Å². The predicted molar refractivity (Wildman–Crippen MR) is 125 cm³/mol. The van der Waals surface area contributed by atoms with Gasteiger partial charge in [0.25, 0.3) is 11.8 Å². The van der Waals surface area contributed by atoms with E-state index in [9.17, 15) is 19.2 Å². The van der Waals surface area contributed by atoms with Crippen molar-refractivity contribution in [3.05, 3.63) is 94.8 Å². The fourth-order valence-electron chi connectivity index (χ4n) is 3.00. The molecule has 3 rings (SSSR count). The highest BCUT2D eigenvalue weighted by Gasteiger charge is 2.14. The number of carbonyl (C=O) groups is 2. The van der Waals surface area contributed by atoms with E-state index < -0.39 is 17.6 Å². The topological polar surface area (TPSA) is 91.2 Å². The highest BCUT2D eigenvalue weighted by molar-refractivity contribution is 6.10. The van der Waals surface area contributed by atoms with Crippen LogP contribution in [-0.2, 0) is 9.59 Å². The lowest BCUT2D eigenvalue weighted by Crippen LogP contribution is -2.21. The van der Waals surface area contributed by atoms with Crippen molar-refractivity contribution in [2.45, 2.75) is 13.8 Å². The van der Waals surface area contributed by atoms with Gasteiger partial charge in [-0.1, -0.05) is 42.5 Å². The van der Waals surface area contributed by atoms with Crippen molar-refractivity contribution in [1.82, 2.24) is 0 Å². The lowest BCUT2D eigenvalue weighted by atomic mass is 10.1. The van der Waals surface area contributed by atoms with E-state index in [0.29, 0.717) is 17.0 Å². The second-order valence-electron chi connectivity index (χ2n) is 7.23. The van der Waals surface area contributed by atoms with E-state index in [1.165, 1.54) is 24.3 Å². The Kier molecular flexibility index (Phi) is 7.55. The molecule has 0 radical (unpaired) electrons. The maximum atomic E-state index is 13.7. The number of para-hydroxylation sites is 2. The quantitative estimate of drug-likeness (QED) is 0.397. The first-order valence-electron chi connectivity index (χ1n) is 10.1. The zero-order valence-electron chi connectivity index (χ0n) is 18.2. The van der Waals surface area contributed by atoms with Gasteiger partial charge in [-0.2, -0.15) is 5.26 Å². The molecule has 0 unspecified atom stereocenters. The van der Waals surface area contributed by atoms with Crippen molar-refractivity contribution in [3.63, 3.8) is 0 Å². The first kappa shape index (κ1) is 23.2. The van der Waals surface area contributed by atoms with Gasteiger partial charge in [0.15, 0.2) is 6.61 Å². The van der Waals surface area contributed by atoms with Crippen LogP contribution in [-0.4, -0.2) is 18.4 Å². The normalized spacial score (nSPS) is 10.8. The van der Waals surface area contributed by atoms with Crippen LogP contribution in [0.15, 0.2) is 72.3 Å². The molecule has 33 heavy (non-hydrogen) atoms. The van der Waals surface area contributed by atoms with Crippen LogP contribution < -0.4 is 15.4 Å². The summed E-state index contributed by atoms with van der Waals surface area (Å²) in [6.07, 6.45) is 1.39. The molecular formula is C26H22FN3O3. The third kappa shape index (κ3) is 6.05. The summed E-state index contributed by atoms with van der Waals surface area (Å²) >= 11 is 0. The highest BCUT2D eigenvalue weighted by atomic mass is 19.1. The molecule has 0 heterocycles. The molecule has 3 aromatic carbocycles. The van der Waals surface area contributed by atoms with Crippen molar-refractivity contribution >= 4 is 29.3 Å². The van der Waals surface area contributed by atoms with Crippen molar-refractivity contribution in [1.29, 1.82) is 5.26 Å². The summed E-state index contributed by atoms with van der Waals surface area (Å²) < 4.78 is 19.3. The fourth-order valence-corrected chi connectivity index (χ4v) is 3.00. The summed E-state index contributed by atoms with van der Waals surface area (Å²) in [5.74, 6) is -1.36. The molecule has 0 bridgehead atoms. The summed E-state index contributed by atoms with van der Waals surface area (Å²) in [4.78, 5) is 24.8. The number of nitrogens with one attached hydrogen (secondary N) is 2. The Morgan fingerprint density at radius 3 is 2.42 bits per heavy atom. The number of halogens is 1. The summed E-state index contributed by atoms with van der Waals surface area (Å²) in [7, 11) is 0. The zero-order valence-corrected chi connectivity index (χ0v) is 18.2. The first-order chi connectivity index (χ1) is 15.9. The van der Waals surface area contributed by atoms with Gasteiger partial charge in [0, 0.05) is 11.3 Å². The Bertz CT molecular complexity index is 1260. The third-order valence-corrected chi connectivity index (χ3v) is 4.94.